The topological polar surface area (TPSA) is 106 Å². The van der Waals surface area contributed by atoms with Gasteiger partial charge in [-0.25, -0.2) is 13.1 Å². The number of ether oxygens (including phenoxy) is 1. The highest BCUT2D eigenvalue weighted by molar-refractivity contribution is 7.90. The van der Waals surface area contributed by atoms with Gasteiger partial charge in [0.2, 0.25) is 5.91 Å². The monoisotopic (exact) mass is 587 g/mol. The predicted molar refractivity (Wildman–Crippen MR) is 163 cm³/mol. The number of aryl methyl sites for hydroxylation is 2. The summed E-state index contributed by atoms with van der Waals surface area (Å²) < 4.78 is 35.8. The highest BCUT2D eigenvalue weighted by Gasteiger charge is 2.30. The first-order valence-electron chi connectivity index (χ1n) is 14.3. The minimum absolute atomic E-state index is 0.0305. The Kier molecular flexibility index (Phi) is 8.41. The first-order chi connectivity index (χ1) is 20.1. The molecule has 0 bridgehead atoms. The minimum Gasteiger partial charge on any atom is -0.496 e. The van der Waals surface area contributed by atoms with Crippen LogP contribution < -0.4 is 14.8 Å². The van der Waals surface area contributed by atoms with E-state index in [-0.39, 0.29) is 28.2 Å². The summed E-state index contributed by atoms with van der Waals surface area (Å²) in [5.74, 6) is -0.0387. The second kappa shape index (κ2) is 12.0. The van der Waals surface area contributed by atoms with Crippen molar-refractivity contribution in [1.82, 2.24) is 14.6 Å². The van der Waals surface area contributed by atoms with Gasteiger partial charge in [-0.15, -0.1) is 0 Å². The van der Waals surface area contributed by atoms with Gasteiger partial charge >= 0.3 is 0 Å². The van der Waals surface area contributed by atoms with Crippen LogP contribution in [0.4, 0.5) is 0 Å². The Bertz CT molecular complexity index is 1760. The SMILES string of the molecule is CCCn1cc(Cc2ccc(C(=O)NS(=O)(=O)c3ccccc3C)cc2OC)c2cc(C(C)C3CCNC3=O)ccc21. The molecule has 0 spiro atoms. The van der Waals surface area contributed by atoms with Crippen molar-refractivity contribution < 1.29 is 22.7 Å². The normalized spacial score (nSPS) is 15.9. The Labute approximate surface area is 247 Å². The molecular formula is C33H37N3O5S. The number of sulfonamides is 1. The van der Waals surface area contributed by atoms with Crippen molar-refractivity contribution in [2.24, 2.45) is 5.92 Å². The lowest BCUT2D eigenvalue weighted by Gasteiger charge is -2.18. The van der Waals surface area contributed by atoms with E-state index in [0.717, 1.165) is 53.5 Å². The number of benzene rings is 3. The standard InChI is InChI=1S/C33H37N3O5S/c1-5-16-36-20-26(28-18-23(12-13-29(28)36)22(3)27-14-15-34-33(27)38)17-24-10-11-25(19-30(24)41-4)32(37)35-42(39,40)31-9-7-6-8-21(31)2/h6-13,18-20,22,27H,5,14-17H2,1-4H3,(H,34,38)(H,35,37). The van der Waals surface area contributed by atoms with Gasteiger partial charge in [0.15, 0.2) is 0 Å². The summed E-state index contributed by atoms with van der Waals surface area (Å²) >= 11 is 0. The Morgan fingerprint density at radius 1 is 1.12 bits per heavy atom. The van der Waals surface area contributed by atoms with Crippen molar-refractivity contribution in [3.8, 4) is 5.75 Å². The van der Waals surface area contributed by atoms with Crippen LogP contribution in [-0.4, -0.2) is 38.5 Å². The summed E-state index contributed by atoms with van der Waals surface area (Å²) in [7, 11) is -2.49. The van der Waals surface area contributed by atoms with Gasteiger partial charge in [0.1, 0.15) is 5.75 Å². The van der Waals surface area contributed by atoms with Gasteiger partial charge in [0, 0.05) is 48.1 Å². The van der Waals surface area contributed by atoms with Crippen LogP contribution in [0.2, 0.25) is 0 Å². The van der Waals surface area contributed by atoms with E-state index in [9.17, 15) is 18.0 Å². The molecule has 2 unspecified atom stereocenters. The number of aromatic nitrogens is 1. The van der Waals surface area contributed by atoms with Gasteiger partial charge in [0.25, 0.3) is 15.9 Å². The van der Waals surface area contributed by atoms with E-state index in [1.54, 1.807) is 37.3 Å². The van der Waals surface area contributed by atoms with Crippen LogP contribution in [0.3, 0.4) is 0 Å². The third-order valence-electron chi connectivity index (χ3n) is 8.21. The number of fused-ring (bicyclic) bond motifs is 1. The number of hydrogen-bond acceptors (Lipinski definition) is 5. The fraction of sp³-hybridized carbons (Fsp3) is 0.333. The second-order valence-corrected chi connectivity index (χ2v) is 12.7. The van der Waals surface area contributed by atoms with Crippen molar-refractivity contribution in [1.29, 1.82) is 0 Å². The fourth-order valence-corrected chi connectivity index (χ4v) is 7.11. The fourth-order valence-electron chi connectivity index (χ4n) is 5.89. The molecule has 1 aliphatic heterocycles. The van der Waals surface area contributed by atoms with E-state index in [4.69, 9.17) is 4.74 Å². The molecule has 2 heterocycles. The van der Waals surface area contributed by atoms with Crippen LogP contribution >= 0.6 is 0 Å². The van der Waals surface area contributed by atoms with Crippen LogP contribution in [0.5, 0.6) is 5.75 Å². The average molecular weight is 588 g/mol. The third-order valence-corrected chi connectivity index (χ3v) is 9.70. The Balaban J connectivity index is 1.44. The molecule has 1 aliphatic rings. The first kappa shape index (κ1) is 29.4. The molecule has 0 radical (unpaired) electrons. The van der Waals surface area contributed by atoms with E-state index in [1.165, 1.54) is 13.2 Å². The molecule has 1 aromatic heterocycles. The zero-order chi connectivity index (χ0) is 30.0. The highest BCUT2D eigenvalue weighted by atomic mass is 32.2. The number of hydrogen-bond donors (Lipinski definition) is 2. The quantitative estimate of drug-likeness (QED) is 0.261. The van der Waals surface area contributed by atoms with Gasteiger partial charge < -0.3 is 14.6 Å². The molecule has 0 saturated carbocycles. The van der Waals surface area contributed by atoms with Gasteiger partial charge in [-0.2, -0.15) is 0 Å². The zero-order valence-corrected chi connectivity index (χ0v) is 25.3. The number of carbonyl (C=O) groups is 2. The van der Waals surface area contributed by atoms with Crippen LogP contribution in [0.15, 0.2) is 71.8 Å². The smallest absolute Gasteiger partial charge is 0.265 e. The largest absolute Gasteiger partial charge is 0.496 e. The molecule has 8 nitrogen and oxygen atoms in total. The molecule has 2 atom stereocenters. The first-order valence-corrected chi connectivity index (χ1v) is 15.8. The van der Waals surface area contributed by atoms with Crippen LogP contribution in [0.25, 0.3) is 10.9 Å². The van der Waals surface area contributed by atoms with Crippen LogP contribution in [0, 0.1) is 12.8 Å². The zero-order valence-electron chi connectivity index (χ0n) is 24.4. The van der Waals surface area contributed by atoms with Crippen molar-refractivity contribution in [2.75, 3.05) is 13.7 Å². The number of carbonyl (C=O) groups excluding carboxylic acids is 2. The average Bonchev–Trinajstić information content (AvgIpc) is 3.55. The molecule has 9 heteroatoms. The molecule has 1 saturated heterocycles. The Hall–Kier alpha value is -4.11. The van der Waals surface area contributed by atoms with E-state index in [1.807, 2.05) is 6.07 Å². The molecule has 5 rings (SSSR count). The van der Waals surface area contributed by atoms with E-state index in [2.05, 4.69) is 52.8 Å². The van der Waals surface area contributed by atoms with Crippen LogP contribution in [0.1, 0.15) is 65.2 Å². The Morgan fingerprint density at radius 2 is 1.90 bits per heavy atom. The maximum absolute atomic E-state index is 13.0. The van der Waals surface area contributed by atoms with E-state index >= 15 is 0 Å². The molecule has 220 valence electrons. The van der Waals surface area contributed by atoms with Crippen molar-refractivity contribution >= 4 is 32.7 Å². The summed E-state index contributed by atoms with van der Waals surface area (Å²) in [6, 6.07) is 18.0. The second-order valence-electron chi connectivity index (χ2n) is 11.0. The molecule has 3 aromatic carbocycles. The molecule has 42 heavy (non-hydrogen) atoms. The summed E-state index contributed by atoms with van der Waals surface area (Å²) in [6.07, 6.45) is 4.55. The number of rotatable bonds is 10. The predicted octanol–water partition coefficient (Wildman–Crippen LogP) is 5.32. The van der Waals surface area contributed by atoms with Crippen molar-refractivity contribution in [2.45, 2.75) is 57.4 Å². The molecule has 2 amide bonds. The lowest BCUT2D eigenvalue weighted by molar-refractivity contribution is -0.122. The Morgan fingerprint density at radius 3 is 2.60 bits per heavy atom. The number of nitrogens with zero attached hydrogens (tertiary/aromatic N) is 1. The molecule has 4 aromatic rings. The number of nitrogens with one attached hydrogen (secondary N) is 2. The van der Waals surface area contributed by atoms with E-state index in [0.29, 0.717) is 17.7 Å². The number of methoxy groups -OCH3 is 1. The third kappa shape index (κ3) is 5.79. The maximum atomic E-state index is 13.0. The van der Waals surface area contributed by atoms with Crippen molar-refractivity contribution in [3.63, 3.8) is 0 Å². The van der Waals surface area contributed by atoms with Crippen molar-refractivity contribution in [3.05, 3.63) is 94.7 Å². The van der Waals surface area contributed by atoms with Gasteiger partial charge in [-0.05, 0) is 78.3 Å². The van der Waals surface area contributed by atoms with Gasteiger partial charge in [-0.3, -0.25) is 9.59 Å². The molecule has 0 aliphatic carbocycles. The summed E-state index contributed by atoms with van der Waals surface area (Å²) in [4.78, 5) is 25.4. The lowest BCUT2D eigenvalue weighted by atomic mass is 9.86. The summed E-state index contributed by atoms with van der Waals surface area (Å²) in [5.41, 5.74) is 4.99. The molecular weight excluding hydrogens is 550 g/mol. The van der Waals surface area contributed by atoms with Gasteiger partial charge in [0.05, 0.1) is 12.0 Å². The highest BCUT2D eigenvalue weighted by Crippen LogP contribution is 2.34. The summed E-state index contributed by atoms with van der Waals surface area (Å²) in [6.45, 7) is 7.55. The van der Waals surface area contributed by atoms with E-state index < -0.39 is 15.9 Å². The minimum atomic E-state index is -4.03. The molecule has 1 fully saturated rings. The number of amides is 2. The maximum Gasteiger partial charge on any atom is 0.265 e. The molecule has 2 N–H and O–H groups in total. The van der Waals surface area contributed by atoms with Crippen LogP contribution in [-0.2, 0) is 27.8 Å². The summed E-state index contributed by atoms with van der Waals surface area (Å²) in [5, 5.41) is 4.08. The van der Waals surface area contributed by atoms with Gasteiger partial charge in [-0.1, -0.05) is 44.2 Å². The lowest BCUT2D eigenvalue weighted by Crippen LogP contribution is -2.31.